The molecule has 2 aromatic heterocycles. The first-order chi connectivity index (χ1) is 14.3. The van der Waals surface area contributed by atoms with E-state index >= 15 is 0 Å². The number of benzene rings is 1. The van der Waals surface area contributed by atoms with Crippen LogP contribution in [0.4, 0.5) is 0 Å². The normalized spacial score (nSPS) is 12.9. The van der Waals surface area contributed by atoms with Crippen molar-refractivity contribution < 1.29 is 17.6 Å². The van der Waals surface area contributed by atoms with Crippen LogP contribution in [-0.2, 0) is 9.84 Å². The Morgan fingerprint density at radius 2 is 1.97 bits per heavy atom. The third-order valence-electron chi connectivity index (χ3n) is 4.36. The van der Waals surface area contributed by atoms with Crippen LogP contribution in [0.5, 0.6) is 5.75 Å². The maximum atomic E-state index is 11.9. The van der Waals surface area contributed by atoms with Gasteiger partial charge in [-0.15, -0.1) is 0 Å². The zero-order valence-corrected chi connectivity index (χ0v) is 17.8. The number of rotatable bonds is 7. The highest BCUT2D eigenvalue weighted by Gasteiger charge is 2.12. The number of aromatic nitrogens is 1. The van der Waals surface area contributed by atoms with Crippen molar-refractivity contribution in [1.29, 1.82) is 0 Å². The Morgan fingerprint density at radius 3 is 2.60 bits per heavy atom. The van der Waals surface area contributed by atoms with Gasteiger partial charge >= 0.3 is 0 Å². The smallest absolute Gasteiger partial charge is 0.177 e. The van der Waals surface area contributed by atoms with Crippen LogP contribution in [0.25, 0.3) is 23.5 Å². The Kier molecular flexibility index (Phi) is 6.54. The van der Waals surface area contributed by atoms with E-state index in [0.29, 0.717) is 40.7 Å². The van der Waals surface area contributed by atoms with Crippen LogP contribution in [-0.4, -0.2) is 32.8 Å². The summed E-state index contributed by atoms with van der Waals surface area (Å²) in [5.74, 6) is 1.38. The summed E-state index contributed by atoms with van der Waals surface area (Å²) in [5.41, 5.74) is 8.22. The summed E-state index contributed by atoms with van der Waals surface area (Å²) in [4.78, 5) is 4.24. The summed E-state index contributed by atoms with van der Waals surface area (Å²) in [7, 11) is -3.38. The molecule has 0 bridgehead atoms. The topological polar surface area (TPSA) is 95.4 Å². The van der Waals surface area contributed by atoms with E-state index in [0.717, 1.165) is 17.6 Å². The minimum atomic E-state index is -3.38. The summed E-state index contributed by atoms with van der Waals surface area (Å²) in [6.45, 7) is 6.88. The van der Waals surface area contributed by atoms with Crippen LogP contribution in [0.2, 0.25) is 0 Å². The second-order valence-corrected chi connectivity index (χ2v) is 8.74. The largest absolute Gasteiger partial charge is 0.492 e. The number of hydrogen-bond donors (Lipinski definition) is 1. The van der Waals surface area contributed by atoms with Crippen molar-refractivity contribution in [3.05, 3.63) is 77.1 Å². The van der Waals surface area contributed by atoms with Crippen molar-refractivity contribution in [2.24, 2.45) is 5.73 Å². The maximum Gasteiger partial charge on any atom is 0.177 e. The lowest BCUT2D eigenvalue weighted by molar-refractivity contribution is 0.328. The van der Waals surface area contributed by atoms with Crippen molar-refractivity contribution in [2.45, 2.75) is 11.8 Å². The van der Waals surface area contributed by atoms with E-state index in [1.165, 1.54) is 6.20 Å². The Labute approximate surface area is 175 Å². The van der Waals surface area contributed by atoms with E-state index in [1.807, 2.05) is 49.4 Å². The Morgan fingerprint density at radius 1 is 1.23 bits per heavy atom. The van der Waals surface area contributed by atoms with E-state index < -0.39 is 9.84 Å². The van der Waals surface area contributed by atoms with Crippen molar-refractivity contribution in [2.75, 3.05) is 19.4 Å². The van der Waals surface area contributed by atoms with Crippen LogP contribution < -0.4 is 21.1 Å². The zero-order chi connectivity index (χ0) is 21.7. The molecule has 0 amide bonds. The fraction of sp³-hybridized carbons (Fsp3) is 0.174. The standard InChI is InChI=1S/C23H24N2O4S/c1-4-5-21(18-13-20(15-25-14-18)30(3,26)27)23-16(2)12-22(29-23)17-6-8-19(9-7-17)28-11-10-24/h4-9,12-15H,2,10-11,24H2,1,3H3/b5-4-,23-21-. The predicted octanol–water partition coefficient (Wildman–Crippen LogP) is 2.27. The van der Waals surface area contributed by atoms with E-state index in [4.69, 9.17) is 14.9 Å². The van der Waals surface area contributed by atoms with Gasteiger partial charge in [0, 0.05) is 47.1 Å². The van der Waals surface area contributed by atoms with Crippen LogP contribution in [0, 0.1) is 0 Å². The molecule has 0 saturated carbocycles. The van der Waals surface area contributed by atoms with Gasteiger partial charge in [0.05, 0.1) is 4.90 Å². The number of allylic oxidation sites excluding steroid dienone is 2. The number of nitrogens with zero attached hydrogens (tertiary/aromatic N) is 1. The molecule has 30 heavy (non-hydrogen) atoms. The average Bonchev–Trinajstić information content (AvgIpc) is 3.11. The molecular formula is C23H24N2O4S. The number of ether oxygens (including phenoxy) is 1. The number of sulfone groups is 1. The number of furan rings is 1. The third-order valence-corrected chi connectivity index (χ3v) is 5.44. The van der Waals surface area contributed by atoms with Gasteiger partial charge in [-0.25, -0.2) is 8.42 Å². The van der Waals surface area contributed by atoms with Crippen molar-refractivity contribution in [1.82, 2.24) is 4.98 Å². The van der Waals surface area contributed by atoms with Gasteiger partial charge in [0.25, 0.3) is 0 Å². The quantitative estimate of drug-likeness (QED) is 0.625. The first kappa shape index (κ1) is 21.5. The summed E-state index contributed by atoms with van der Waals surface area (Å²) < 4.78 is 35.5. The molecule has 0 atom stereocenters. The van der Waals surface area contributed by atoms with Crippen LogP contribution in [0.1, 0.15) is 12.5 Å². The van der Waals surface area contributed by atoms with Gasteiger partial charge in [-0.05, 0) is 43.3 Å². The zero-order valence-electron chi connectivity index (χ0n) is 17.0. The van der Waals surface area contributed by atoms with Crippen molar-refractivity contribution in [3.63, 3.8) is 0 Å². The van der Waals surface area contributed by atoms with Gasteiger partial charge in [0.1, 0.15) is 23.5 Å². The molecule has 0 unspecified atom stereocenters. The molecule has 6 nitrogen and oxygen atoms in total. The van der Waals surface area contributed by atoms with Gasteiger partial charge in [-0.2, -0.15) is 0 Å². The van der Waals surface area contributed by atoms with Gasteiger partial charge < -0.3 is 14.9 Å². The fourth-order valence-electron chi connectivity index (χ4n) is 2.93. The van der Waals surface area contributed by atoms with Gasteiger partial charge in [-0.3, -0.25) is 4.98 Å². The highest BCUT2D eigenvalue weighted by Crippen LogP contribution is 2.22. The number of pyridine rings is 1. The molecule has 2 N–H and O–H groups in total. The molecule has 0 radical (unpaired) electrons. The summed E-state index contributed by atoms with van der Waals surface area (Å²) >= 11 is 0. The number of nitrogens with two attached hydrogens (primary N) is 1. The van der Waals surface area contributed by atoms with E-state index in [-0.39, 0.29) is 4.90 Å². The molecule has 0 aliphatic rings. The van der Waals surface area contributed by atoms with Crippen LogP contribution in [0.15, 0.2) is 70.3 Å². The second kappa shape index (κ2) is 9.11. The molecule has 3 rings (SSSR count). The first-order valence-electron chi connectivity index (χ1n) is 9.38. The second-order valence-electron chi connectivity index (χ2n) is 6.72. The molecule has 0 fully saturated rings. The predicted molar refractivity (Wildman–Crippen MR) is 118 cm³/mol. The highest BCUT2D eigenvalue weighted by atomic mass is 32.2. The lowest BCUT2D eigenvalue weighted by Gasteiger charge is -2.05. The minimum absolute atomic E-state index is 0.146. The molecule has 2 heterocycles. The minimum Gasteiger partial charge on any atom is -0.492 e. The average molecular weight is 425 g/mol. The Bertz CT molecular complexity index is 1270. The summed E-state index contributed by atoms with van der Waals surface area (Å²) in [6, 6.07) is 10.9. The molecule has 7 heteroatoms. The lowest BCUT2D eigenvalue weighted by Crippen LogP contribution is -2.20. The molecule has 156 valence electrons. The highest BCUT2D eigenvalue weighted by molar-refractivity contribution is 7.90. The molecular weight excluding hydrogens is 400 g/mol. The van der Waals surface area contributed by atoms with Gasteiger partial charge in [0.2, 0.25) is 0 Å². The molecule has 1 aromatic carbocycles. The molecule has 0 spiro atoms. The van der Waals surface area contributed by atoms with Crippen molar-refractivity contribution in [3.8, 4) is 17.1 Å². The lowest BCUT2D eigenvalue weighted by atomic mass is 10.1. The van der Waals surface area contributed by atoms with Gasteiger partial charge in [-0.1, -0.05) is 18.7 Å². The summed E-state index contributed by atoms with van der Waals surface area (Å²) in [6.07, 6.45) is 7.80. The molecule has 0 aliphatic heterocycles. The molecule has 3 aromatic rings. The molecule has 0 saturated heterocycles. The number of hydrogen-bond acceptors (Lipinski definition) is 6. The molecule has 0 aliphatic carbocycles. The van der Waals surface area contributed by atoms with Crippen LogP contribution >= 0.6 is 0 Å². The third kappa shape index (κ3) is 4.87. The first-order valence-corrected chi connectivity index (χ1v) is 11.3. The maximum absolute atomic E-state index is 11.9. The van der Waals surface area contributed by atoms with Gasteiger partial charge in [0.15, 0.2) is 9.84 Å². The Balaban J connectivity index is 2.11. The monoisotopic (exact) mass is 424 g/mol. The van der Waals surface area contributed by atoms with E-state index in [1.54, 1.807) is 12.3 Å². The Hall–Kier alpha value is -3.16. The SMILES string of the molecule is C=c1cc(-c2ccc(OCCN)cc2)o/c1=C(/C=C\C)c1cncc(S(C)(=O)=O)c1. The van der Waals surface area contributed by atoms with E-state index in [2.05, 4.69) is 11.6 Å². The van der Waals surface area contributed by atoms with E-state index in [9.17, 15) is 8.42 Å². The fourth-order valence-corrected chi connectivity index (χ4v) is 3.52. The summed E-state index contributed by atoms with van der Waals surface area (Å²) in [5, 5.41) is 0.686. The van der Waals surface area contributed by atoms with Crippen molar-refractivity contribution >= 4 is 22.0 Å². The van der Waals surface area contributed by atoms with Crippen LogP contribution in [0.3, 0.4) is 0 Å².